The summed E-state index contributed by atoms with van der Waals surface area (Å²) < 4.78 is 10.7. The number of benzene rings is 1. The summed E-state index contributed by atoms with van der Waals surface area (Å²) in [7, 11) is 3.43. The van der Waals surface area contributed by atoms with Gasteiger partial charge in [-0.1, -0.05) is 13.8 Å². The van der Waals surface area contributed by atoms with Gasteiger partial charge >= 0.3 is 0 Å². The minimum absolute atomic E-state index is 0.453. The zero-order valence-corrected chi connectivity index (χ0v) is 19.0. The fraction of sp³-hybridized carbons (Fsp3) is 0.591. The Morgan fingerprint density at radius 3 is 2.61 bits per heavy atom. The lowest BCUT2D eigenvalue weighted by atomic mass is 10.0. The first-order chi connectivity index (χ1) is 15.1. The largest absolute Gasteiger partial charge is 0.497 e. The zero-order chi connectivity index (χ0) is 22.1. The smallest absolute Gasteiger partial charge is 0.191 e. The maximum atomic E-state index is 5.51. The van der Waals surface area contributed by atoms with Crippen molar-refractivity contribution in [3.05, 3.63) is 30.1 Å². The van der Waals surface area contributed by atoms with E-state index >= 15 is 0 Å². The molecule has 0 spiro atoms. The number of H-pyrrole nitrogens is 1. The topological polar surface area (TPSA) is 99.7 Å². The second-order valence-corrected chi connectivity index (χ2v) is 8.07. The SMILES string of the molecule is CN=C(NCc1nc(-c2ccc(OC)cc2)n[nH]1)NCC(CC(C)C)N1CCOCC1. The first kappa shape index (κ1) is 23.0. The molecule has 3 rings (SSSR count). The van der Waals surface area contributed by atoms with E-state index in [2.05, 4.69) is 49.6 Å². The van der Waals surface area contributed by atoms with Gasteiger partial charge in [-0.25, -0.2) is 4.98 Å². The molecular formula is C22H35N7O2. The fourth-order valence-electron chi connectivity index (χ4n) is 3.69. The van der Waals surface area contributed by atoms with Crippen LogP contribution in [0.2, 0.25) is 0 Å². The van der Waals surface area contributed by atoms with Crippen molar-refractivity contribution in [1.82, 2.24) is 30.7 Å². The Morgan fingerprint density at radius 2 is 1.97 bits per heavy atom. The molecule has 3 N–H and O–H groups in total. The Morgan fingerprint density at radius 1 is 1.23 bits per heavy atom. The molecule has 1 aromatic heterocycles. The predicted octanol–water partition coefficient (Wildman–Crippen LogP) is 1.89. The number of methoxy groups -OCH3 is 1. The highest BCUT2D eigenvalue weighted by Crippen LogP contribution is 2.19. The summed E-state index contributed by atoms with van der Waals surface area (Å²) in [5.74, 6) is 3.61. The van der Waals surface area contributed by atoms with E-state index in [0.717, 1.165) is 62.4 Å². The third-order valence-electron chi connectivity index (χ3n) is 5.34. The highest BCUT2D eigenvalue weighted by molar-refractivity contribution is 5.79. The lowest BCUT2D eigenvalue weighted by Crippen LogP contribution is -2.51. The Hall–Kier alpha value is -2.65. The first-order valence-electron chi connectivity index (χ1n) is 10.9. The predicted molar refractivity (Wildman–Crippen MR) is 122 cm³/mol. The van der Waals surface area contributed by atoms with Crippen LogP contribution in [-0.4, -0.2) is 79.1 Å². The van der Waals surface area contributed by atoms with E-state index in [0.29, 0.717) is 24.3 Å². The summed E-state index contributed by atoms with van der Waals surface area (Å²) >= 11 is 0. The monoisotopic (exact) mass is 429 g/mol. The second-order valence-electron chi connectivity index (χ2n) is 8.07. The van der Waals surface area contributed by atoms with E-state index in [4.69, 9.17) is 9.47 Å². The molecule has 1 saturated heterocycles. The molecule has 2 heterocycles. The number of aromatic amines is 1. The van der Waals surface area contributed by atoms with Crippen molar-refractivity contribution in [2.24, 2.45) is 10.9 Å². The zero-order valence-electron chi connectivity index (χ0n) is 19.0. The molecule has 1 atom stereocenters. The normalized spacial score (nSPS) is 16.4. The van der Waals surface area contributed by atoms with Crippen LogP contribution in [0.4, 0.5) is 0 Å². The van der Waals surface area contributed by atoms with Crippen LogP contribution in [0.15, 0.2) is 29.3 Å². The lowest BCUT2D eigenvalue weighted by Gasteiger charge is -2.35. The highest BCUT2D eigenvalue weighted by atomic mass is 16.5. The summed E-state index contributed by atoms with van der Waals surface area (Å²) in [5.41, 5.74) is 0.938. The maximum absolute atomic E-state index is 5.51. The van der Waals surface area contributed by atoms with Gasteiger partial charge in [-0.3, -0.25) is 15.0 Å². The number of nitrogens with zero attached hydrogens (tertiary/aromatic N) is 4. The van der Waals surface area contributed by atoms with Crippen LogP contribution in [0.3, 0.4) is 0 Å². The summed E-state index contributed by atoms with van der Waals surface area (Å²) in [5, 5.41) is 14.1. The molecule has 0 aliphatic carbocycles. The van der Waals surface area contributed by atoms with Crippen molar-refractivity contribution in [2.45, 2.75) is 32.9 Å². The van der Waals surface area contributed by atoms with E-state index in [9.17, 15) is 0 Å². The molecule has 0 amide bonds. The van der Waals surface area contributed by atoms with Gasteiger partial charge in [0.05, 0.1) is 26.9 Å². The van der Waals surface area contributed by atoms with Gasteiger partial charge in [0.25, 0.3) is 0 Å². The molecule has 0 bridgehead atoms. The van der Waals surface area contributed by atoms with Crippen molar-refractivity contribution in [3.63, 3.8) is 0 Å². The van der Waals surface area contributed by atoms with Crippen LogP contribution in [0.1, 0.15) is 26.1 Å². The minimum atomic E-state index is 0.453. The molecule has 1 aliphatic rings. The number of hydrogen-bond acceptors (Lipinski definition) is 6. The van der Waals surface area contributed by atoms with Gasteiger partial charge in [-0.15, -0.1) is 0 Å². The van der Waals surface area contributed by atoms with Crippen molar-refractivity contribution < 1.29 is 9.47 Å². The third kappa shape index (κ3) is 6.93. The molecular weight excluding hydrogens is 394 g/mol. The van der Waals surface area contributed by atoms with Gasteiger partial charge in [0.1, 0.15) is 11.6 Å². The molecule has 170 valence electrons. The Kier molecular flexibility index (Phi) is 8.66. The van der Waals surface area contributed by atoms with E-state index in [1.807, 2.05) is 24.3 Å². The lowest BCUT2D eigenvalue weighted by molar-refractivity contribution is 0.0132. The maximum Gasteiger partial charge on any atom is 0.191 e. The van der Waals surface area contributed by atoms with Gasteiger partial charge in [0.2, 0.25) is 0 Å². The number of aromatic nitrogens is 3. The van der Waals surface area contributed by atoms with E-state index < -0.39 is 0 Å². The molecule has 1 fully saturated rings. The standard InChI is InChI=1S/C22H35N7O2/c1-16(2)13-18(29-9-11-31-12-10-29)14-24-22(23-3)25-15-20-26-21(28-27-20)17-5-7-19(30-4)8-6-17/h5-8,16,18H,9-15H2,1-4H3,(H2,23,24,25)(H,26,27,28). The van der Waals surface area contributed by atoms with Crippen LogP contribution in [0, 0.1) is 5.92 Å². The fourth-order valence-corrected chi connectivity index (χ4v) is 3.69. The molecule has 1 aromatic carbocycles. The van der Waals surface area contributed by atoms with E-state index in [1.54, 1.807) is 14.2 Å². The average molecular weight is 430 g/mol. The summed E-state index contributed by atoms with van der Waals surface area (Å²) in [6.45, 7) is 9.47. The molecule has 31 heavy (non-hydrogen) atoms. The molecule has 1 aliphatic heterocycles. The second kappa shape index (κ2) is 11.7. The molecule has 9 heteroatoms. The van der Waals surface area contributed by atoms with Gasteiger partial charge in [0.15, 0.2) is 11.8 Å². The average Bonchev–Trinajstić information content (AvgIpc) is 3.28. The summed E-state index contributed by atoms with van der Waals surface area (Å²) in [6.07, 6.45) is 1.14. The molecule has 0 saturated carbocycles. The van der Waals surface area contributed by atoms with Gasteiger partial charge in [-0.2, -0.15) is 5.10 Å². The number of guanidine groups is 1. The number of hydrogen-bond donors (Lipinski definition) is 3. The van der Waals surface area contributed by atoms with Gasteiger partial charge in [-0.05, 0) is 36.6 Å². The third-order valence-corrected chi connectivity index (χ3v) is 5.34. The van der Waals surface area contributed by atoms with Crippen molar-refractivity contribution in [3.8, 4) is 17.1 Å². The van der Waals surface area contributed by atoms with Crippen LogP contribution in [0.5, 0.6) is 5.75 Å². The first-order valence-corrected chi connectivity index (χ1v) is 10.9. The van der Waals surface area contributed by atoms with Crippen molar-refractivity contribution in [2.75, 3.05) is 47.0 Å². The molecule has 1 unspecified atom stereocenters. The number of ether oxygens (including phenoxy) is 2. The van der Waals surface area contributed by atoms with Crippen LogP contribution >= 0.6 is 0 Å². The molecule has 9 nitrogen and oxygen atoms in total. The van der Waals surface area contributed by atoms with Crippen molar-refractivity contribution in [1.29, 1.82) is 0 Å². The number of aliphatic imine (C=N–C) groups is 1. The van der Waals surface area contributed by atoms with Crippen molar-refractivity contribution >= 4 is 5.96 Å². The Balaban J connectivity index is 1.52. The van der Waals surface area contributed by atoms with Gasteiger partial charge < -0.3 is 20.1 Å². The minimum Gasteiger partial charge on any atom is -0.497 e. The van der Waals surface area contributed by atoms with E-state index in [1.165, 1.54) is 0 Å². The highest BCUT2D eigenvalue weighted by Gasteiger charge is 2.22. The van der Waals surface area contributed by atoms with Crippen LogP contribution in [-0.2, 0) is 11.3 Å². The number of rotatable bonds is 9. The van der Waals surface area contributed by atoms with Crippen LogP contribution in [0.25, 0.3) is 11.4 Å². The quantitative estimate of drug-likeness (QED) is 0.413. The van der Waals surface area contributed by atoms with E-state index in [-0.39, 0.29) is 0 Å². The number of nitrogens with one attached hydrogen (secondary N) is 3. The summed E-state index contributed by atoms with van der Waals surface area (Å²) in [4.78, 5) is 11.4. The Labute approximate surface area is 184 Å². The molecule has 0 radical (unpaired) electrons. The molecule has 2 aromatic rings. The van der Waals surface area contributed by atoms with Gasteiger partial charge in [0, 0.05) is 38.3 Å². The van der Waals surface area contributed by atoms with Crippen LogP contribution < -0.4 is 15.4 Å². The number of morpholine rings is 1. The Bertz CT molecular complexity index is 814. The summed E-state index contributed by atoms with van der Waals surface area (Å²) in [6, 6.07) is 8.14.